The molecular formula is C3H7NNa2O7P2+2. The van der Waals surface area contributed by atoms with Gasteiger partial charge in [0.2, 0.25) is 0 Å². The molecule has 0 saturated heterocycles. The molecule has 0 aromatic heterocycles. The van der Waals surface area contributed by atoms with Crippen molar-refractivity contribution in [3.05, 3.63) is 0 Å². The third-order valence-electron chi connectivity index (χ3n) is 0.841. The number of aliphatic hydroxyl groups excluding tert-OH is 1. The SMILES string of the molecule is NC(O)CC(O[P+](=O)[O-])O[P+](=O)[O-].[Na+].[Na+]. The Morgan fingerprint density at radius 1 is 1.20 bits per heavy atom. The van der Waals surface area contributed by atoms with E-state index < -0.39 is 35.4 Å². The molecular weight excluding hydrogens is 270 g/mol. The van der Waals surface area contributed by atoms with Crippen LogP contribution in [0.4, 0.5) is 0 Å². The Hall–Kier alpha value is 1.96. The van der Waals surface area contributed by atoms with Crippen LogP contribution in [-0.2, 0) is 18.2 Å². The molecule has 0 heterocycles. The molecule has 3 atom stereocenters. The molecule has 0 radical (unpaired) electrons. The van der Waals surface area contributed by atoms with Gasteiger partial charge in [0.25, 0.3) is 6.29 Å². The first kappa shape index (κ1) is 22.2. The zero-order chi connectivity index (χ0) is 10.4. The van der Waals surface area contributed by atoms with Crippen molar-refractivity contribution in [3.8, 4) is 0 Å². The maximum atomic E-state index is 9.99. The van der Waals surface area contributed by atoms with Crippen molar-refractivity contribution in [2.75, 3.05) is 0 Å². The van der Waals surface area contributed by atoms with Crippen LogP contribution in [0.3, 0.4) is 0 Å². The van der Waals surface area contributed by atoms with E-state index in [1.54, 1.807) is 0 Å². The third kappa shape index (κ3) is 16.0. The second-order valence-corrected chi connectivity index (χ2v) is 3.21. The second kappa shape index (κ2) is 12.4. The van der Waals surface area contributed by atoms with E-state index in [0.717, 1.165) is 0 Å². The van der Waals surface area contributed by atoms with Crippen LogP contribution in [0.5, 0.6) is 0 Å². The molecule has 76 valence electrons. The molecule has 12 heteroatoms. The van der Waals surface area contributed by atoms with Gasteiger partial charge in [-0.15, -0.1) is 9.05 Å². The van der Waals surface area contributed by atoms with Crippen LogP contribution >= 0.6 is 16.5 Å². The van der Waals surface area contributed by atoms with Gasteiger partial charge in [0.05, 0.1) is 0 Å². The molecule has 0 aromatic carbocycles. The van der Waals surface area contributed by atoms with Gasteiger partial charge >= 0.3 is 75.6 Å². The van der Waals surface area contributed by atoms with Crippen LogP contribution in [0, 0.1) is 0 Å². The smallest absolute Gasteiger partial charge is 0.566 e. The topological polar surface area (TPSA) is 145 Å². The molecule has 15 heavy (non-hydrogen) atoms. The fourth-order valence-corrected chi connectivity index (χ4v) is 1.20. The Labute approximate surface area is 132 Å². The minimum Gasteiger partial charge on any atom is -0.566 e. The first-order chi connectivity index (χ1) is 5.91. The quantitative estimate of drug-likeness (QED) is 0.276. The molecule has 0 aliphatic heterocycles. The largest absolute Gasteiger partial charge is 1.00 e. The van der Waals surface area contributed by atoms with Gasteiger partial charge in [-0.2, -0.15) is 0 Å². The number of aliphatic hydroxyl groups is 1. The maximum absolute atomic E-state index is 9.99. The van der Waals surface area contributed by atoms with Crippen molar-refractivity contribution < 1.29 is 92.2 Å². The Morgan fingerprint density at radius 2 is 1.53 bits per heavy atom. The normalized spacial score (nSPS) is 15.5. The molecule has 0 bridgehead atoms. The van der Waals surface area contributed by atoms with Crippen molar-refractivity contribution in [1.29, 1.82) is 0 Å². The Bertz CT molecular complexity index is 189. The third-order valence-corrected chi connectivity index (χ3v) is 1.66. The van der Waals surface area contributed by atoms with E-state index in [1.807, 2.05) is 0 Å². The first-order valence-corrected chi connectivity index (χ1v) is 5.17. The summed E-state index contributed by atoms with van der Waals surface area (Å²) in [4.78, 5) is 20.0. The summed E-state index contributed by atoms with van der Waals surface area (Å²) in [6.45, 7) is 0. The number of hydrogen-bond donors (Lipinski definition) is 2. The summed E-state index contributed by atoms with van der Waals surface area (Å²) in [7, 11) is -6.52. The fourth-order valence-electron chi connectivity index (χ4n) is 0.494. The Morgan fingerprint density at radius 3 is 1.73 bits per heavy atom. The average molecular weight is 277 g/mol. The predicted octanol–water partition coefficient (Wildman–Crippen LogP) is -7.94. The van der Waals surface area contributed by atoms with E-state index in [1.165, 1.54) is 0 Å². The first-order valence-electron chi connectivity index (χ1n) is 2.97. The molecule has 0 spiro atoms. The van der Waals surface area contributed by atoms with Crippen molar-refractivity contribution >= 4 is 16.5 Å². The van der Waals surface area contributed by atoms with Gasteiger partial charge < -0.3 is 20.6 Å². The van der Waals surface area contributed by atoms with E-state index in [2.05, 4.69) is 9.05 Å². The molecule has 0 aliphatic rings. The molecule has 0 saturated carbocycles. The predicted molar refractivity (Wildman–Crippen MR) is 36.0 cm³/mol. The van der Waals surface area contributed by atoms with Gasteiger partial charge in [-0.05, 0) is 9.13 Å². The summed E-state index contributed by atoms with van der Waals surface area (Å²) in [6, 6.07) is 0. The molecule has 3 unspecified atom stereocenters. The van der Waals surface area contributed by atoms with E-state index in [4.69, 9.17) is 10.8 Å². The average Bonchev–Trinajstić information content (AvgIpc) is 1.80. The van der Waals surface area contributed by atoms with Crippen LogP contribution in [0.15, 0.2) is 0 Å². The molecule has 8 nitrogen and oxygen atoms in total. The molecule has 0 amide bonds. The Kier molecular flexibility index (Phi) is 18.4. The van der Waals surface area contributed by atoms with Crippen molar-refractivity contribution in [2.24, 2.45) is 5.73 Å². The van der Waals surface area contributed by atoms with Crippen LogP contribution < -0.4 is 74.6 Å². The van der Waals surface area contributed by atoms with E-state index in [9.17, 15) is 18.9 Å². The molecule has 0 aliphatic carbocycles. The van der Waals surface area contributed by atoms with Crippen molar-refractivity contribution in [2.45, 2.75) is 18.9 Å². The summed E-state index contributed by atoms with van der Waals surface area (Å²) in [5, 5.41) is 8.57. The van der Waals surface area contributed by atoms with Crippen LogP contribution in [0.1, 0.15) is 6.42 Å². The summed E-state index contributed by atoms with van der Waals surface area (Å²) < 4.78 is 27.9. The summed E-state index contributed by atoms with van der Waals surface area (Å²) in [6.07, 6.45) is -3.50. The van der Waals surface area contributed by atoms with Crippen molar-refractivity contribution in [3.63, 3.8) is 0 Å². The number of hydrogen-bond acceptors (Lipinski definition) is 8. The van der Waals surface area contributed by atoms with Crippen molar-refractivity contribution in [1.82, 2.24) is 0 Å². The molecule has 0 aromatic rings. The number of nitrogens with two attached hydrogens (primary N) is 1. The van der Waals surface area contributed by atoms with Gasteiger partial charge in [0.1, 0.15) is 6.23 Å². The molecule has 0 rings (SSSR count). The monoisotopic (exact) mass is 277 g/mol. The van der Waals surface area contributed by atoms with Gasteiger partial charge in [-0.1, -0.05) is 0 Å². The number of rotatable bonds is 6. The van der Waals surface area contributed by atoms with Gasteiger partial charge in [0.15, 0.2) is 0 Å². The molecule has 0 fully saturated rings. The maximum Gasteiger partial charge on any atom is 1.00 e. The summed E-state index contributed by atoms with van der Waals surface area (Å²) >= 11 is 0. The van der Waals surface area contributed by atoms with E-state index >= 15 is 0 Å². The second-order valence-electron chi connectivity index (χ2n) is 1.89. The van der Waals surface area contributed by atoms with E-state index in [-0.39, 0.29) is 59.1 Å². The van der Waals surface area contributed by atoms with Crippen LogP contribution in [0.2, 0.25) is 0 Å². The Balaban J connectivity index is -0.000000720. The fraction of sp³-hybridized carbons (Fsp3) is 1.00. The molecule has 3 N–H and O–H groups in total. The van der Waals surface area contributed by atoms with Gasteiger partial charge in [0, 0.05) is 6.42 Å². The van der Waals surface area contributed by atoms with Crippen LogP contribution in [0.25, 0.3) is 0 Å². The zero-order valence-electron chi connectivity index (χ0n) is 8.23. The summed E-state index contributed by atoms with van der Waals surface area (Å²) in [5.41, 5.74) is 4.85. The van der Waals surface area contributed by atoms with Gasteiger partial charge in [-0.3, -0.25) is 0 Å². The van der Waals surface area contributed by atoms with Gasteiger partial charge in [-0.25, -0.2) is 0 Å². The van der Waals surface area contributed by atoms with Crippen LogP contribution in [-0.4, -0.2) is 17.6 Å². The minimum atomic E-state index is -3.26. The summed E-state index contributed by atoms with van der Waals surface area (Å²) in [5.74, 6) is 0. The standard InChI is InChI=1S/C3H7NO7P2.2Na/c4-2(5)1-3(10-12(6)7)11-13(8)9;;/h2-3,5H,1,4H2;;/q;2*+1. The minimum absolute atomic E-state index is 0. The van der Waals surface area contributed by atoms with E-state index in [0.29, 0.717) is 0 Å². The zero-order valence-corrected chi connectivity index (χ0v) is 14.0.